The average molecular weight is 177 g/mol. The summed E-state index contributed by atoms with van der Waals surface area (Å²) in [6.45, 7) is 5.99. The highest BCUT2D eigenvalue weighted by molar-refractivity contribution is 5.41. The van der Waals surface area contributed by atoms with Crippen LogP contribution in [0.15, 0.2) is 18.2 Å². The quantitative estimate of drug-likeness (QED) is 0.746. The van der Waals surface area contributed by atoms with Crippen LogP contribution in [0.4, 0.5) is 0 Å². The molecule has 1 atom stereocenters. The molecule has 0 saturated heterocycles. The van der Waals surface area contributed by atoms with Gasteiger partial charge in [0.2, 0.25) is 0 Å². The summed E-state index contributed by atoms with van der Waals surface area (Å²) in [4.78, 5) is 0. The highest BCUT2D eigenvalue weighted by Gasteiger charge is 2.22. The minimum absolute atomic E-state index is 0.389. The zero-order chi connectivity index (χ0) is 9.26. The van der Waals surface area contributed by atoms with Crippen LogP contribution in [0, 0.1) is 6.92 Å². The van der Waals surface area contributed by atoms with Gasteiger partial charge in [0.25, 0.3) is 0 Å². The lowest BCUT2D eigenvalue weighted by atomic mass is 10.1. The molecule has 0 radical (unpaired) electrons. The van der Waals surface area contributed by atoms with Crippen LogP contribution in [0.1, 0.15) is 24.1 Å². The number of rotatable bonds is 2. The second kappa shape index (κ2) is 3.38. The summed E-state index contributed by atoms with van der Waals surface area (Å²) >= 11 is 0. The van der Waals surface area contributed by atoms with Crippen molar-refractivity contribution >= 4 is 0 Å². The first-order chi connectivity index (χ1) is 6.31. The number of nitrogens with one attached hydrogen (secondary N) is 1. The van der Waals surface area contributed by atoms with Crippen molar-refractivity contribution in [2.24, 2.45) is 0 Å². The van der Waals surface area contributed by atoms with Crippen molar-refractivity contribution in [1.29, 1.82) is 0 Å². The van der Waals surface area contributed by atoms with E-state index in [1.807, 2.05) is 0 Å². The van der Waals surface area contributed by atoms with E-state index in [0.717, 1.165) is 18.9 Å². The van der Waals surface area contributed by atoms with Crippen LogP contribution in [0.3, 0.4) is 0 Å². The van der Waals surface area contributed by atoms with Gasteiger partial charge >= 0.3 is 0 Å². The molecule has 2 nitrogen and oxygen atoms in total. The van der Waals surface area contributed by atoms with E-state index >= 15 is 0 Å². The lowest BCUT2D eigenvalue weighted by Gasteiger charge is -2.08. The molecule has 0 amide bonds. The van der Waals surface area contributed by atoms with E-state index in [1.54, 1.807) is 0 Å². The van der Waals surface area contributed by atoms with E-state index in [1.165, 1.54) is 11.1 Å². The third kappa shape index (κ3) is 1.54. The molecule has 0 aromatic heterocycles. The Morgan fingerprint density at radius 3 is 3.15 bits per heavy atom. The molecule has 1 aliphatic heterocycles. The largest absolute Gasteiger partial charge is 0.491 e. The smallest absolute Gasteiger partial charge is 0.124 e. The minimum atomic E-state index is 0.389. The molecule has 0 fully saturated rings. The lowest BCUT2D eigenvalue weighted by molar-refractivity contribution is 0.313. The zero-order valence-corrected chi connectivity index (χ0v) is 8.13. The van der Waals surface area contributed by atoms with Gasteiger partial charge in [0.15, 0.2) is 0 Å². The Morgan fingerprint density at radius 1 is 1.54 bits per heavy atom. The van der Waals surface area contributed by atoms with Crippen LogP contribution in [0.25, 0.3) is 0 Å². The van der Waals surface area contributed by atoms with E-state index in [-0.39, 0.29) is 0 Å². The van der Waals surface area contributed by atoms with Gasteiger partial charge in [-0.25, -0.2) is 0 Å². The van der Waals surface area contributed by atoms with Crippen LogP contribution in [0.5, 0.6) is 5.75 Å². The molecule has 1 aliphatic rings. The summed E-state index contributed by atoms with van der Waals surface area (Å²) in [7, 11) is 0. The Morgan fingerprint density at radius 2 is 2.38 bits per heavy atom. The first-order valence-electron chi connectivity index (χ1n) is 4.78. The highest BCUT2D eigenvalue weighted by atomic mass is 16.5. The molecule has 1 N–H and O–H groups in total. The number of likely N-dealkylation sites (N-methyl/N-ethyl adjacent to an activating group) is 1. The van der Waals surface area contributed by atoms with Crippen LogP contribution in [0.2, 0.25) is 0 Å². The fourth-order valence-corrected chi connectivity index (χ4v) is 1.75. The van der Waals surface area contributed by atoms with Gasteiger partial charge in [-0.3, -0.25) is 0 Å². The van der Waals surface area contributed by atoms with Gasteiger partial charge < -0.3 is 10.1 Å². The Bertz CT molecular complexity index is 307. The monoisotopic (exact) mass is 177 g/mol. The fourth-order valence-electron chi connectivity index (χ4n) is 1.75. The van der Waals surface area contributed by atoms with Gasteiger partial charge in [0, 0.05) is 5.56 Å². The van der Waals surface area contributed by atoms with Gasteiger partial charge in [0.1, 0.15) is 12.4 Å². The molecule has 1 unspecified atom stereocenters. The molecule has 2 rings (SSSR count). The van der Waals surface area contributed by atoms with Gasteiger partial charge in [-0.1, -0.05) is 24.6 Å². The maximum absolute atomic E-state index is 5.56. The minimum Gasteiger partial charge on any atom is -0.491 e. The number of hydrogen-bond acceptors (Lipinski definition) is 2. The van der Waals surface area contributed by atoms with E-state index in [2.05, 4.69) is 37.4 Å². The second-order valence-electron chi connectivity index (χ2n) is 3.46. The number of aryl methyl sites for hydroxylation is 1. The van der Waals surface area contributed by atoms with Gasteiger partial charge in [0.05, 0.1) is 6.04 Å². The van der Waals surface area contributed by atoms with Crippen molar-refractivity contribution in [1.82, 2.24) is 5.32 Å². The third-order valence-electron chi connectivity index (χ3n) is 2.40. The lowest BCUT2D eigenvalue weighted by Crippen LogP contribution is -2.21. The molecular weight excluding hydrogens is 162 g/mol. The van der Waals surface area contributed by atoms with Crippen molar-refractivity contribution in [2.45, 2.75) is 19.9 Å². The van der Waals surface area contributed by atoms with Crippen LogP contribution in [-0.2, 0) is 0 Å². The molecule has 1 aromatic carbocycles. The first kappa shape index (κ1) is 8.57. The molecule has 0 saturated carbocycles. The fraction of sp³-hybridized carbons (Fsp3) is 0.455. The van der Waals surface area contributed by atoms with Crippen molar-refractivity contribution in [3.05, 3.63) is 29.3 Å². The summed E-state index contributed by atoms with van der Waals surface area (Å²) in [6.07, 6.45) is 0. The summed E-state index contributed by atoms with van der Waals surface area (Å²) in [5.74, 6) is 1.04. The third-order valence-corrected chi connectivity index (χ3v) is 2.40. The van der Waals surface area contributed by atoms with E-state index in [9.17, 15) is 0 Å². The summed E-state index contributed by atoms with van der Waals surface area (Å²) in [5, 5.41) is 3.40. The Hall–Kier alpha value is -1.02. The second-order valence-corrected chi connectivity index (χ2v) is 3.46. The SMILES string of the molecule is CCNC1COc2ccc(C)cc21. The number of fused-ring (bicyclic) bond motifs is 1. The maximum Gasteiger partial charge on any atom is 0.124 e. The molecule has 0 spiro atoms. The summed E-state index contributed by atoms with van der Waals surface area (Å²) in [5.41, 5.74) is 2.61. The summed E-state index contributed by atoms with van der Waals surface area (Å²) < 4.78 is 5.56. The molecular formula is C11H15NO. The summed E-state index contributed by atoms with van der Waals surface area (Å²) in [6, 6.07) is 6.74. The van der Waals surface area contributed by atoms with Crippen LogP contribution < -0.4 is 10.1 Å². The number of ether oxygens (including phenoxy) is 1. The molecule has 2 heteroatoms. The van der Waals surface area contributed by atoms with Crippen LogP contribution >= 0.6 is 0 Å². The maximum atomic E-state index is 5.56. The van der Waals surface area contributed by atoms with Crippen molar-refractivity contribution in [3.63, 3.8) is 0 Å². The van der Waals surface area contributed by atoms with Gasteiger partial charge in [-0.05, 0) is 19.5 Å². The standard InChI is InChI=1S/C11H15NO/c1-3-12-10-7-13-11-5-4-8(2)6-9(10)11/h4-6,10,12H,3,7H2,1-2H3. The van der Waals surface area contributed by atoms with Crippen molar-refractivity contribution in [3.8, 4) is 5.75 Å². The van der Waals surface area contributed by atoms with E-state index < -0.39 is 0 Å². The zero-order valence-electron chi connectivity index (χ0n) is 8.13. The van der Waals surface area contributed by atoms with E-state index in [0.29, 0.717) is 6.04 Å². The van der Waals surface area contributed by atoms with Gasteiger partial charge in [-0.2, -0.15) is 0 Å². The average Bonchev–Trinajstić information content (AvgIpc) is 2.49. The normalized spacial score (nSPS) is 19.7. The predicted octanol–water partition coefficient (Wildman–Crippen LogP) is 2.04. The first-order valence-corrected chi connectivity index (χ1v) is 4.78. The Labute approximate surface area is 78.9 Å². The van der Waals surface area contributed by atoms with Crippen molar-refractivity contribution in [2.75, 3.05) is 13.2 Å². The number of benzene rings is 1. The highest BCUT2D eigenvalue weighted by Crippen LogP contribution is 2.32. The molecule has 13 heavy (non-hydrogen) atoms. The number of hydrogen-bond donors (Lipinski definition) is 1. The van der Waals surface area contributed by atoms with Crippen LogP contribution in [-0.4, -0.2) is 13.2 Å². The predicted molar refractivity (Wildman–Crippen MR) is 53.1 cm³/mol. The Balaban J connectivity index is 2.29. The molecule has 70 valence electrons. The Kier molecular flexibility index (Phi) is 2.23. The topological polar surface area (TPSA) is 21.3 Å². The molecule has 0 bridgehead atoms. The molecule has 1 aromatic rings. The molecule has 0 aliphatic carbocycles. The van der Waals surface area contributed by atoms with Crippen molar-refractivity contribution < 1.29 is 4.74 Å². The van der Waals surface area contributed by atoms with Gasteiger partial charge in [-0.15, -0.1) is 0 Å². The van der Waals surface area contributed by atoms with E-state index in [4.69, 9.17) is 4.74 Å². The molecule has 1 heterocycles.